The molecule has 1 aliphatic heterocycles. The molecule has 0 aliphatic carbocycles. The summed E-state index contributed by atoms with van der Waals surface area (Å²) in [6.45, 7) is 3.78. The standard InChI is InChI=1S/C24H23ClN2O4S/c1-3-17-8-6-7-16(2)23(17)26-24(28)22-15-27(20-9-4-5-10-21(20)31-22)32(29,30)19-13-11-18(25)12-14-19/h4-14,22H,3,15H2,1-2H3,(H,26,28). The summed E-state index contributed by atoms with van der Waals surface area (Å²) in [4.78, 5) is 13.3. The largest absolute Gasteiger partial charge is 0.476 e. The minimum atomic E-state index is -3.94. The van der Waals surface area contributed by atoms with E-state index in [4.69, 9.17) is 16.3 Å². The maximum absolute atomic E-state index is 13.4. The van der Waals surface area contributed by atoms with E-state index < -0.39 is 22.0 Å². The van der Waals surface area contributed by atoms with Gasteiger partial charge >= 0.3 is 0 Å². The first-order valence-electron chi connectivity index (χ1n) is 10.2. The van der Waals surface area contributed by atoms with Crippen LogP contribution in [0.5, 0.6) is 5.75 Å². The summed E-state index contributed by atoms with van der Waals surface area (Å²) >= 11 is 5.93. The lowest BCUT2D eigenvalue weighted by Crippen LogP contribution is -2.49. The van der Waals surface area contributed by atoms with E-state index in [1.165, 1.54) is 28.6 Å². The number of para-hydroxylation sites is 3. The Labute approximate surface area is 192 Å². The molecule has 1 aliphatic rings. The van der Waals surface area contributed by atoms with Gasteiger partial charge in [-0.3, -0.25) is 9.10 Å². The number of carbonyl (C=O) groups excluding carboxylic acids is 1. The Morgan fingerprint density at radius 1 is 1.09 bits per heavy atom. The van der Waals surface area contributed by atoms with Crippen molar-refractivity contribution in [2.45, 2.75) is 31.3 Å². The van der Waals surface area contributed by atoms with Crippen molar-refractivity contribution < 1.29 is 17.9 Å². The van der Waals surface area contributed by atoms with Crippen LogP contribution < -0.4 is 14.4 Å². The van der Waals surface area contributed by atoms with Crippen molar-refractivity contribution in [2.75, 3.05) is 16.2 Å². The molecule has 4 rings (SSSR count). The van der Waals surface area contributed by atoms with Crippen molar-refractivity contribution in [3.8, 4) is 5.75 Å². The third-order valence-corrected chi connectivity index (χ3v) is 7.46. The summed E-state index contributed by atoms with van der Waals surface area (Å²) in [6.07, 6.45) is -0.265. The Bertz CT molecular complexity index is 1260. The number of fused-ring (bicyclic) bond motifs is 1. The molecule has 0 radical (unpaired) electrons. The first kappa shape index (κ1) is 22.2. The molecule has 1 N–H and O–H groups in total. The molecule has 3 aromatic rings. The molecule has 0 saturated carbocycles. The smallest absolute Gasteiger partial charge is 0.267 e. The molecule has 1 unspecified atom stereocenters. The summed E-state index contributed by atoms with van der Waals surface area (Å²) in [6, 6.07) is 18.5. The first-order valence-corrected chi connectivity index (χ1v) is 12.1. The van der Waals surface area contributed by atoms with Gasteiger partial charge in [-0.1, -0.05) is 48.9 Å². The van der Waals surface area contributed by atoms with Gasteiger partial charge in [0.2, 0.25) is 0 Å². The maximum Gasteiger partial charge on any atom is 0.267 e. The molecular formula is C24H23ClN2O4S. The molecule has 0 saturated heterocycles. The molecule has 166 valence electrons. The Balaban J connectivity index is 1.68. The van der Waals surface area contributed by atoms with Crippen LogP contribution in [0.15, 0.2) is 71.6 Å². The van der Waals surface area contributed by atoms with Crippen LogP contribution in [0.25, 0.3) is 0 Å². The highest BCUT2D eigenvalue weighted by Crippen LogP contribution is 2.37. The molecule has 32 heavy (non-hydrogen) atoms. The molecule has 0 fully saturated rings. The van der Waals surface area contributed by atoms with Gasteiger partial charge in [-0.25, -0.2) is 8.42 Å². The van der Waals surface area contributed by atoms with Gasteiger partial charge in [0.15, 0.2) is 6.10 Å². The minimum absolute atomic E-state index is 0.0879. The quantitative estimate of drug-likeness (QED) is 0.580. The second-order valence-electron chi connectivity index (χ2n) is 7.52. The van der Waals surface area contributed by atoms with Crippen LogP contribution in [-0.2, 0) is 21.2 Å². The Morgan fingerprint density at radius 2 is 1.81 bits per heavy atom. The maximum atomic E-state index is 13.4. The first-order chi connectivity index (χ1) is 15.3. The number of anilines is 2. The fourth-order valence-corrected chi connectivity index (χ4v) is 5.31. The number of carbonyl (C=O) groups is 1. The van der Waals surface area contributed by atoms with Gasteiger partial charge in [0, 0.05) is 10.7 Å². The number of rotatable bonds is 5. The third kappa shape index (κ3) is 4.18. The fraction of sp³-hybridized carbons (Fsp3) is 0.208. The molecule has 0 bridgehead atoms. The number of hydrogen-bond acceptors (Lipinski definition) is 4. The molecule has 1 atom stereocenters. The van der Waals surface area contributed by atoms with E-state index in [9.17, 15) is 13.2 Å². The average molecular weight is 471 g/mol. The predicted molar refractivity (Wildman–Crippen MR) is 126 cm³/mol. The molecule has 0 spiro atoms. The van der Waals surface area contributed by atoms with Gasteiger partial charge in [0.1, 0.15) is 5.75 Å². The summed E-state index contributed by atoms with van der Waals surface area (Å²) in [5.41, 5.74) is 3.05. The lowest BCUT2D eigenvalue weighted by atomic mass is 10.1. The van der Waals surface area contributed by atoms with Crippen molar-refractivity contribution in [3.05, 3.63) is 82.9 Å². The van der Waals surface area contributed by atoms with Gasteiger partial charge in [0.05, 0.1) is 17.1 Å². The highest BCUT2D eigenvalue weighted by Gasteiger charge is 2.37. The van der Waals surface area contributed by atoms with Crippen LogP contribution in [0.3, 0.4) is 0 Å². The predicted octanol–water partition coefficient (Wildman–Crippen LogP) is 4.81. The number of halogens is 1. The van der Waals surface area contributed by atoms with Crippen molar-refractivity contribution in [3.63, 3.8) is 0 Å². The highest BCUT2D eigenvalue weighted by atomic mass is 35.5. The summed E-state index contributed by atoms with van der Waals surface area (Å²) in [5, 5.41) is 3.39. The van der Waals surface area contributed by atoms with Crippen LogP contribution in [-0.4, -0.2) is 27.0 Å². The number of nitrogens with one attached hydrogen (secondary N) is 1. The third-order valence-electron chi connectivity index (χ3n) is 5.42. The molecular weight excluding hydrogens is 448 g/mol. The molecule has 3 aromatic carbocycles. The monoisotopic (exact) mass is 470 g/mol. The Hall–Kier alpha value is -3.03. The normalized spacial score (nSPS) is 15.6. The van der Waals surface area contributed by atoms with E-state index >= 15 is 0 Å². The van der Waals surface area contributed by atoms with Crippen LogP contribution in [0.1, 0.15) is 18.1 Å². The zero-order chi connectivity index (χ0) is 22.9. The van der Waals surface area contributed by atoms with Crippen LogP contribution in [0.2, 0.25) is 5.02 Å². The van der Waals surface area contributed by atoms with E-state index in [0.29, 0.717) is 16.5 Å². The van der Waals surface area contributed by atoms with Crippen LogP contribution in [0.4, 0.5) is 11.4 Å². The fourth-order valence-electron chi connectivity index (χ4n) is 3.71. The lowest BCUT2D eigenvalue weighted by molar-refractivity contribution is -0.122. The number of hydrogen-bond donors (Lipinski definition) is 1. The van der Waals surface area contributed by atoms with Crippen molar-refractivity contribution in [1.82, 2.24) is 0 Å². The average Bonchev–Trinajstić information content (AvgIpc) is 2.79. The number of sulfonamides is 1. The number of aryl methyl sites for hydroxylation is 2. The Kier molecular flexibility index (Phi) is 6.13. The van der Waals surface area contributed by atoms with E-state index in [2.05, 4.69) is 5.32 Å². The summed E-state index contributed by atoms with van der Waals surface area (Å²) < 4.78 is 34.0. The molecule has 1 heterocycles. The van der Waals surface area contributed by atoms with Crippen molar-refractivity contribution >= 4 is 38.9 Å². The van der Waals surface area contributed by atoms with Gasteiger partial charge in [-0.15, -0.1) is 0 Å². The highest BCUT2D eigenvalue weighted by molar-refractivity contribution is 7.92. The summed E-state index contributed by atoms with van der Waals surface area (Å²) in [5.74, 6) is -0.0725. The second-order valence-corrected chi connectivity index (χ2v) is 9.81. The SMILES string of the molecule is CCc1cccc(C)c1NC(=O)C1CN(S(=O)(=O)c2ccc(Cl)cc2)c2ccccc2O1. The van der Waals surface area contributed by atoms with Gasteiger partial charge in [-0.2, -0.15) is 0 Å². The van der Waals surface area contributed by atoms with Crippen LogP contribution >= 0.6 is 11.6 Å². The zero-order valence-corrected chi connectivity index (χ0v) is 19.3. The van der Waals surface area contributed by atoms with E-state index in [0.717, 1.165) is 23.2 Å². The van der Waals surface area contributed by atoms with E-state index in [1.807, 2.05) is 32.0 Å². The van der Waals surface area contributed by atoms with E-state index in [1.54, 1.807) is 24.3 Å². The number of nitrogens with zero attached hydrogens (tertiary/aromatic N) is 1. The molecule has 0 aromatic heterocycles. The zero-order valence-electron chi connectivity index (χ0n) is 17.7. The van der Waals surface area contributed by atoms with Gasteiger partial charge in [-0.05, 0) is 60.9 Å². The van der Waals surface area contributed by atoms with Gasteiger partial charge < -0.3 is 10.1 Å². The van der Waals surface area contributed by atoms with E-state index in [-0.39, 0.29) is 11.4 Å². The summed E-state index contributed by atoms with van der Waals surface area (Å²) in [7, 11) is -3.94. The molecule has 6 nitrogen and oxygen atoms in total. The minimum Gasteiger partial charge on any atom is -0.476 e. The van der Waals surface area contributed by atoms with Crippen molar-refractivity contribution in [2.24, 2.45) is 0 Å². The molecule has 1 amide bonds. The number of amides is 1. The topological polar surface area (TPSA) is 75.7 Å². The molecule has 8 heteroatoms. The van der Waals surface area contributed by atoms with Gasteiger partial charge in [0.25, 0.3) is 15.9 Å². The lowest BCUT2D eigenvalue weighted by Gasteiger charge is -2.34. The number of ether oxygens (including phenoxy) is 1. The van der Waals surface area contributed by atoms with Crippen molar-refractivity contribution in [1.29, 1.82) is 0 Å². The second kappa shape index (κ2) is 8.84. The number of benzene rings is 3. The Morgan fingerprint density at radius 3 is 2.53 bits per heavy atom. The van der Waals surface area contributed by atoms with Crippen LogP contribution in [0, 0.1) is 6.92 Å².